The van der Waals surface area contributed by atoms with Crippen LogP contribution in [0.3, 0.4) is 0 Å². The molecule has 0 aromatic carbocycles. The summed E-state index contributed by atoms with van der Waals surface area (Å²) in [6.07, 6.45) is 54.9. The summed E-state index contributed by atoms with van der Waals surface area (Å²) >= 11 is 4.75. The molecule has 1 N–H and O–H groups in total. The van der Waals surface area contributed by atoms with E-state index in [2.05, 4.69) is 63.6 Å². The van der Waals surface area contributed by atoms with Gasteiger partial charge in [0.15, 0.2) is 0 Å². The maximum atomic E-state index is 13.8. The number of unbranched alkanes of at least 4 members (excludes halogenated alkanes) is 22. The number of hydrogen-bond acceptors (Lipinski definition) is 5. The molecule has 0 radical (unpaired) electrons. The summed E-state index contributed by atoms with van der Waals surface area (Å²) in [5.74, 6) is 0. The topological polar surface area (TPSA) is 47.6 Å². The number of thioether (sulfide) groups is 2. The van der Waals surface area contributed by atoms with Crippen molar-refractivity contribution in [3.8, 4) is 0 Å². The Hall–Kier alpha value is 0.770. The molecule has 0 heterocycles. The van der Waals surface area contributed by atoms with Gasteiger partial charge in [-0.2, -0.15) is 23.5 Å². The van der Waals surface area contributed by atoms with Gasteiger partial charge in [0, 0.05) is 35.1 Å². The van der Waals surface area contributed by atoms with E-state index in [1.807, 2.05) is 0 Å². The summed E-state index contributed by atoms with van der Waals surface area (Å²) in [5, 5.41) is 6.80. The van der Waals surface area contributed by atoms with Gasteiger partial charge in [0.2, 0.25) is 0 Å². The molecule has 2 rings (SSSR count). The highest BCUT2D eigenvalue weighted by molar-refractivity contribution is 8.00. The predicted molar refractivity (Wildman–Crippen MR) is 276 cm³/mol. The Bertz CT molecular complexity index is 923. The normalized spacial score (nSPS) is 17.8. The Morgan fingerprint density at radius 2 is 0.820 bits per heavy atom. The molecule has 5 nitrogen and oxygen atoms in total. The third kappa shape index (κ3) is 35.6. The van der Waals surface area contributed by atoms with E-state index in [-0.39, 0.29) is 0 Å². The lowest BCUT2D eigenvalue weighted by Gasteiger charge is -2.33. The zero-order chi connectivity index (χ0) is 44.0. The summed E-state index contributed by atoms with van der Waals surface area (Å²) in [5.41, 5.74) is 0. The van der Waals surface area contributed by atoms with Crippen LogP contribution >= 0.6 is 31.3 Å². The van der Waals surface area contributed by atoms with Crippen molar-refractivity contribution < 1.29 is 18.1 Å². The molecule has 2 atom stereocenters. The van der Waals surface area contributed by atoms with Crippen LogP contribution in [0.1, 0.15) is 271 Å². The monoisotopic (exact) mass is 915 g/mol. The number of quaternary nitrogens is 1. The van der Waals surface area contributed by atoms with Gasteiger partial charge in [-0.15, -0.1) is 7.05 Å². The average molecular weight is 916 g/mol. The largest absolute Gasteiger partial charge is 0.461 e. The highest BCUT2D eigenvalue weighted by Crippen LogP contribution is 2.44. The van der Waals surface area contributed by atoms with Crippen molar-refractivity contribution in [2.75, 3.05) is 40.4 Å². The average Bonchev–Trinajstić information content (AvgIpc) is 3.24. The van der Waals surface area contributed by atoms with E-state index in [1.54, 1.807) is 0 Å². The van der Waals surface area contributed by atoms with E-state index in [0.717, 1.165) is 53.2 Å². The third-order valence-corrected chi connectivity index (χ3v) is 18.6. The highest BCUT2D eigenvalue weighted by atomic mass is 32.2. The Balaban J connectivity index is 1.61. The van der Waals surface area contributed by atoms with E-state index in [0.29, 0.717) is 24.2 Å². The van der Waals surface area contributed by atoms with Crippen molar-refractivity contribution in [3.05, 3.63) is 7.05 Å². The van der Waals surface area contributed by atoms with Gasteiger partial charge >= 0.3 is 7.75 Å². The van der Waals surface area contributed by atoms with Crippen molar-refractivity contribution in [2.24, 2.45) is 0 Å². The van der Waals surface area contributed by atoms with Crippen molar-refractivity contribution >= 4 is 31.3 Å². The Labute approximate surface area is 391 Å². The van der Waals surface area contributed by atoms with Crippen LogP contribution < -0.4 is 5.09 Å². The zero-order valence-corrected chi connectivity index (χ0v) is 44.1. The second-order valence-corrected chi connectivity index (χ2v) is 25.4. The molecule has 2 unspecified atom stereocenters. The summed E-state index contributed by atoms with van der Waals surface area (Å²) < 4.78 is 26.4. The molecule has 0 amide bonds. The summed E-state index contributed by atoms with van der Waals surface area (Å²) in [6.45, 7) is 6.98. The fourth-order valence-electron chi connectivity index (χ4n) is 9.52. The third-order valence-electron chi connectivity index (χ3n) is 13.5. The van der Waals surface area contributed by atoms with Crippen LogP contribution in [0.15, 0.2) is 0 Å². The minimum absolute atomic E-state index is 0.504. The van der Waals surface area contributed by atoms with Crippen molar-refractivity contribution in [2.45, 2.75) is 292 Å². The van der Waals surface area contributed by atoms with Gasteiger partial charge in [-0.1, -0.05) is 206 Å². The number of likely N-dealkylation sites (N-methyl/N-ethyl adjacent to an activating group) is 1. The second-order valence-electron chi connectivity index (χ2n) is 20.4. The van der Waals surface area contributed by atoms with E-state index in [4.69, 9.17) is 9.05 Å². The first-order chi connectivity index (χ1) is 29.7. The number of rotatable bonds is 44. The van der Waals surface area contributed by atoms with Crippen LogP contribution in [0.2, 0.25) is 0 Å². The van der Waals surface area contributed by atoms with Gasteiger partial charge in [0.1, 0.15) is 0 Å². The van der Waals surface area contributed by atoms with E-state index < -0.39 is 7.75 Å². The molecule has 0 aliphatic heterocycles. The van der Waals surface area contributed by atoms with E-state index in [1.165, 1.54) is 231 Å². The minimum atomic E-state index is -3.32. The SMILES string of the molecule is [CH2-][N+](C)(C)CCNP(=O)(OCCCCCCCCC(CCCCCCCCC)SC1CCCCC1)OCCCCCCCCC(CCCCCCCCC)SC1CCCCC1. The lowest BCUT2D eigenvalue weighted by molar-refractivity contribution is -0.844. The van der Waals surface area contributed by atoms with Crippen LogP contribution in [-0.2, 0) is 13.6 Å². The zero-order valence-electron chi connectivity index (χ0n) is 41.6. The highest BCUT2D eigenvalue weighted by Gasteiger charge is 2.25. The lowest BCUT2D eigenvalue weighted by Crippen LogP contribution is -2.38. The molecule has 0 aromatic heterocycles. The second kappa shape index (κ2) is 39.9. The molecule has 61 heavy (non-hydrogen) atoms. The quantitative estimate of drug-likeness (QED) is 0.0284. The van der Waals surface area contributed by atoms with Crippen LogP contribution in [0.5, 0.6) is 0 Å². The Kier molecular flexibility index (Phi) is 37.9. The lowest BCUT2D eigenvalue weighted by atomic mass is 10.0. The van der Waals surface area contributed by atoms with Gasteiger partial charge in [-0.05, 0) is 64.2 Å². The molecular weight excluding hydrogens is 808 g/mol. The Morgan fingerprint density at radius 1 is 0.508 bits per heavy atom. The molecule has 2 aliphatic carbocycles. The van der Waals surface area contributed by atoms with Crippen LogP contribution in [0.4, 0.5) is 0 Å². The smallest absolute Gasteiger partial charge is 0.405 e. The predicted octanol–water partition coefficient (Wildman–Crippen LogP) is 18.2. The van der Waals surface area contributed by atoms with Crippen molar-refractivity contribution in [1.29, 1.82) is 0 Å². The number of nitrogens with one attached hydrogen (secondary N) is 1. The molecule has 0 bridgehead atoms. The number of nitrogens with zero attached hydrogens (tertiary/aromatic N) is 1. The molecule has 8 heteroatoms. The molecule has 2 aliphatic rings. The van der Waals surface area contributed by atoms with Crippen LogP contribution in [-0.4, -0.2) is 65.9 Å². The van der Waals surface area contributed by atoms with E-state index >= 15 is 0 Å². The summed E-state index contributed by atoms with van der Waals surface area (Å²) in [6, 6.07) is 0. The number of hydrogen-bond donors (Lipinski definition) is 1. The molecule has 0 saturated heterocycles. The van der Waals surface area contributed by atoms with Crippen LogP contribution in [0, 0.1) is 7.05 Å². The maximum Gasteiger partial charge on any atom is 0.405 e. The first-order valence-electron chi connectivity index (χ1n) is 27.4. The molecular formula is C53H107N2O3PS2. The molecule has 0 spiro atoms. The fourth-order valence-corrected chi connectivity index (χ4v) is 14.4. The molecule has 2 fully saturated rings. The first-order valence-corrected chi connectivity index (χ1v) is 30.8. The van der Waals surface area contributed by atoms with Crippen molar-refractivity contribution in [3.63, 3.8) is 0 Å². The summed E-state index contributed by atoms with van der Waals surface area (Å²) in [7, 11) is 4.98. The van der Waals surface area contributed by atoms with Crippen molar-refractivity contribution in [1.82, 2.24) is 5.09 Å². The molecule has 2 saturated carbocycles. The molecule has 0 aromatic rings. The van der Waals surface area contributed by atoms with Gasteiger partial charge in [-0.25, -0.2) is 9.65 Å². The van der Waals surface area contributed by atoms with E-state index in [9.17, 15) is 4.57 Å². The maximum absolute atomic E-state index is 13.8. The van der Waals surface area contributed by atoms with Gasteiger partial charge in [0.05, 0.1) is 26.3 Å². The van der Waals surface area contributed by atoms with Gasteiger partial charge in [0.25, 0.3) is 0 Å². The fraction of sp³-hybridized carbons (Fsp3) is 0.981. The van der Waals surface area contributed by atoms with Gasteiger partial charge < -0.3 is 4.48 Å². The van der Waals surface area contributed by atoms with Crippen LogP contribution in [0.25, 0.3) is 0 Å². The van der Waals surface area contributed by atoms with Gasteiger partial charge in [-0.3, -0.25) is 9.05 Å². The first kappa shape index (κ1) is 57.9. The Morgan fingerprint density at radius 3 is 1.15 bits per heavy atom. The minimum Gasteiger partial charge on any atom is -0.461 e. The standard InChI is InChI=1S/C53H107N2O3PS2/c1-6-8-10-12-14-20-28-38-50(60-52-42-32-26-33-43-52)40-30-22-16-18-24-36-48-57-59(56,54-46-47-55(3,4)5)58-49-37-25-19-17-23-31-41-51(61-53-44-34-27-35-45-53)39-29-21-15-13-11-9-7-2/h50-53H,3,6-49H2,1-2,4-5H3,(H,54,56). The molecule has 364 valence electrons. The summed E-state index contributed by atoms with van der Waals surface area (Å²) in [4.78, 5) is 0.